The Bertz CT molecular complexity index is 472. The van der Waals surface area contributed by atoms with Gasteiger partial charge in [-0.2, -0.15) is 0 Å². The number of amides is 1. The third-order valence-electron chi connectivity index (χ3n) is 3.38. The summed E-state index contributed by atoms with van der Waals surface area (Å²) in [4.78, 5) is 24.7. The lowest BCUT2D eigenvalue weighted by Crippen LogP contribution is -2.48. The molecular formula is C14H16FNO3. The Labute approximate surface area is 110 Å². The molecule has 1 fully saturated rings. The van der Waals surface area contributed by atoms with Gasteiger partial charge in [-0.25, -0.2) is 9.18 Å². The summed E-state index contributed by atoms with van der Waals surface area (Å²) in [6.07, 6.45) is 2.28. The predicted octanol–water partition coefficient (Wildman–Crippen LogP) is 1.83. The van der Waals surface area contributed by atoms with Gasteiger partial charge in [-0.15, -0.1) is 0 Å². The molecule has 5 heteroatoms. The second kappa shape index (κ2) is 5.82. The Hall–Kier alpha value is -1.91. The Morgan fingerprint density at radius 1 is 1.26 bits per heavy atom. The van der Waals surface area contributed by atoms with Crippen molar-refractivity contribution in [3.05, 3.63) is 35.6 Å². The zero-order valence-electron chi connectivity index (χ0n) is 10.5. The first-order valence-electron chi connectivity index (χ1n) is 6.34. The number of nitrogens with zero attached hydrogens (tertiary/aromatic N) is 1. The average molecular weight is 265 g/mol. The summed E-state index contributed by atoms with van der Waals surface area (Å²) < 4.78 is 12.8. The second-order valence-corrected chi connectivity index (χ2v) is 4.74. The van der Waals surface area contributed by atoms with E-state index < -0.39 is 12.0 Å². The molecule has 4 nitrogen and oxygen atoms in total. The number of benzene rings is 1. The van der Waals surface area contributed by atoms with Crippen LogP contribution in [0.15, 0.2) is 24.3 Å². The number of rotatable bonds is 3. The van der Waals surface area contributed by atoms with Crippen molar-refractivity contribution in [1.82, 2.24) is 4.90 Å². The highest BCUT2D eigenvalue weighted by Crippen LogP contribution is 2.18. The zero-order chi connectivity index (χ0) is 13.8. The molecule has 1 aliphatic heterocycles. The Morgan fingerprint density at radius 2 is 1.95 bits per heavy atom. The smallest absolute Gasteiger partial charge is 0.326 e. The summed E-state index contributed by atoms with van der Waals surface area (Å²) in [5, 5.41) is 9.12. The lowest BCUT2D eigenvalue weighted by Gasteiger charge is -2.33. The summed E-state index contributed by atoms with van der Waals surface area (Å²) in [5.41, 5.74) is 0.695. The van der Waals surface area contributed by atoms with Gasteiger partial charge in [0.15, 0.2) is 0 Å². The van der Waals surface area contributed by atoms with E-state index in [1.54, 1.807) is 12.1 Å². The van der Waals surface area contributed by atoms with Crippen molar-refractivity contribution in [1.29, 1.82) is 0 Å². The molecule has 1 heterocycles. The van der Waals surface area contributed by atoms with E-state index in [9.17, 15) is 14.0 Å². The predicted molar refractivity (Wildman–Crippen MR) is 67.1 cm³/mol. The molecule has 19 heavy (non-hydrogen) atoms. The van der Waals surface area contributed by atoms with Crippen LogP contribution in [-0.4, -0.2) is 34.5 Å². The van der Waals surface area contributed by atoms with E-state index in [1.807, 2.05) is 0 Å². The molecule has 1 aromatic rings. The van der Waals surface area contributed by atoms with E-state index in [0.29, 0.717) is 18.5 Å². The fourth-order valence-corrected chi connectivity index (χ4v) is 2.37. The van der Waals surface area contributed by atoms with E-state index in [-0.39, 0.29) is 18.1 Å². The van der Waals surface area contributed by atoms with Gasteiger partial charge < -0.3 is 10.0 Å². The molecule has 0 spiro atoms. The molecule has 102 valence electrons. The summed E-state index contributed by atoms with van der Waals surface area (Å²) in [6, 6.07) is 4.97. The Kier molecular flexibility index (Phi) is 4.14. The molecule has 1 N–H and O–H groups in total. The van der Waals surface area contributed by atoms with Crippen LogP contribution < -0.4 is 0 Å². The topological polar surface area (TPSA) is 57.6 Å². The number of carbonyl (C=O) groups excluding carboxylic acids is 1. The molecule has 1 saturated heterocycles. The number of piperidine rings is 1. The maximum Gasteiger partial charge on any atom is 0.326 e. The monoisotopic (exact) mass is 265 g/mol. The number of halogens is 1. The van der Waals surface area contributed by atoms with Crippen LogP contribution in [0.3, 0.4) is 0 Å². The van der Waals surface area contributed by atoms with Crippen molar-refractivity contribution in [2.45, 2.75) is 31.7 Å². The fraction of sp³-hybridized carbons (Fsp3) is 0.429. The van der Waals surface area contributed by atoms with Crippen molar-refractivity contribution in [2.75, 3.05) is 6.54 Å². The molecule has 1 aromatic carbocycles. The van der Waals surface area contributed by atoms with Crippen molar-refractivity contribution in [2.24, 2.45) is 0 Å². The molecule has 2 rings (SSSR count). The van der Waals surface area contributed by atoms with Crippen molar-refractivity contribution < 1.29 is 19.1 Å². The van der Waals surface area contributed by atoms with Crippen molar-refractivity contribution in [3.8, 4) is 0 Å². The molecule has 1 aliphatic rings. The third-order valence-corrected chi connectivity index (χ3v) is 3.38. The summed E-state index contributed by atoms with van der Waals surface area (Å²) in [5.74, 6) is -1.51. The molecule has 0 aromatic heterocycles. The molecule has 1 atom stereocenters. The number of likely N-dealkylation sites (tertiary alicyclic amines) is 1. The first-order chi connectivity index (χ1) is 9.08. The van der Waals surface area contributed by atoms with Crippen LogP contribution in [0.25, 0.3) is 0 Å². The number of carbonyl (C=O) groups is 2. The van der Waals surface area contributed by atoms with Gasteiger partial charge in [0.1, 0.15) is 11.9 Å². The molecule has 0 aliphatic carbocycles. The second-order valence-electron chi connectivity index (χ2n) is 4.74. The molecular weight excluding hydrogens is 249 g/mol. The molecule has 1 amide bonds. The quantitative estimate of drug-likeness (QED) is 0.907. The average Bonchev–Trinajstić information content (AvgIpc) is 2.41. The number of hydrogen-bond acceptors (Lipinski definition) is 2. The number of hydrogen-bond donors (Lipinski definition) is 1. The first-order valence-corrected chi connectivity index (χ1v) is 6.34. The zero-order valence-corrected chi connectivity index (χ0v) is 10.5. The Balaban J connectivity index is 2.05. The van der Waals surface area contributed by atoms with Gasteiger partial charge in [0, 0.05) is 6.54 Å². The minimum atomic E-state index is -0.952. The standard InChI is InChI=1S/C14H16FNO3/c15-11-6-4-10(5-7-11)9-13(17)16-8-2-1-3-12(16)14(18)19/h4-7,12H,1-3,8-9H2,(H,18,19)/t12-/m1/s1. The molecule has 0 saturated carbocycles. The van der Waals surface area contributed by atoms with Crippen LogP contribution in [0.4, 0.5) is 4.39 Å². The van der Waals surface area contributed by atoms with Gasteiger partial charge in [0.2, 0.25) is 5.91 Å². The van der Waals surface area contributed by atoms with Crippen LogP contribution in [0.5, 0.6) is 0 Å². The molecule has 0 unspecified atom stereocenters. The summed E-state index contributed by atoms with van der Waals surface area (Å²) >= 11 is 0. The van der Waals surface area contributed by atoms with E-state index in [2.05, 4.69) is 0 Å². The Morgan fingerprint density at radius 3 is 2.58 bits per heavy atom. The van der Waals surface area contributed by atoms with Crippen LogP contribution in [0.2, 0.25) is 0 Å². The van der Waals surface area contributed by atoms with Gasteiger partial charge in [0.05, 0.1) is 6.42 Å². The number of aliphatic carboxylic acids is 1. The highest BCUT2D eigenvalue weighted by molar-refractivity contribution is 5.85. The van der Waals surface area contributed by atoms with Gasteiger partial charge >= 0.3 is 5.97 Å². The minimum absolute atomic E-state index is 0.115. The van der Waals surface area contributed by atoms with Gasteiger partial charge in [-0.1, -0.05) is 12.1 Å². The van der Waals surface area contributed by atoms with Crippen LogP contribution in [-0.2, 0) is 16.0 Å². The third kappa shape index (κ3) is 3.30. The molecule has 0 radical (unpaired) electrons. The van der Waals surface area contributed by atoms with Crippen LogP contribution in [0.1, 0.15) is 24.8 Å². The van der Waals surface area contributed by atoms with Crippen molar-refractivity contribution >= 4 is 11.9 Å². The lowest BCUT2D eigenvalue weighted by molar-refractivity contribution is -0.151. The highest BCUT2D eigenvalue weighted by atomic mass is 19.1. The van der Waals surface area contributed by atoms with Gasteiger partial charge in [0.25, 0.3) is 0 Å². The maximum atomic E-state index is 12.8. The van der Waals surface area contributed by atoms with E-state index in [0.717, 1.165) is 12.8 Å². The number of carboxylic acids is 1. The fourth-order valence-electron chi connectivity index (χ4n) is 2.37. The normalized spacial score (nSPS) is 19.2. The number of carboxylic acid groups (broad SMARTS) is 1. The lowest BCUT2D eigenvalue weighted by atomic mass is 10.0. The van der Waals surface area contributed by atoms with Crippen LogP contribution in [0, 0.1) is 5.82 Å². The maximum absolute atomic E-state index is 12.8. The highest BCUT2D eigenvalue weighted by Gasteiger charge is 2.31. The van der Waals surface area contributed by atoms with E-state index in [1.165, 1.54) is 17.0 Å². The van der Waals surface area contributed by atoms with E-state index in [4.69, 9.17) is 5.11 Å². The van der Waals surface area contributed by atoms with Gasteiger partial charge in [-0.3, -0.25) is 4.79 Å². The largest absolute Gasteiger partial charge is 0.480 e. The first kappa shape index (κ1) is 13.5. The van der Waals surface area contributed by atoms with Crippen molar-refractivity contribution in [3.63, 3.8) is 0 Å². The summed E-state index contributed by atoms with van der Waals surface area (Å²) in [7, 11) is 0. The summed E-state index contributed by atoms with van der Waals surface area (Å²) in [6.45, 7) is 0.483. The van der Waals surface area contributed by atoms with E-state index >= 15 is 0 Å². The van der Waals surface area contributed by atoms with Gasteiger partial charge in [-0.05, 0) is 37.0 Å². The SMILES string of the molecule is O=C(O)[C@H]1CCCCN1C(=O)Cc1ccc(F)cc1. The minimum Gasteiger partial charge on any atom is -0.480 e. The molecule has 0 bridgehead atoms. The van der Waals surface area contributed by atoms with Crippen LogP contribution >= 0.6 is 0 Å².